The first-order valence-electron chi connectivity index (χ1n) is 6.88. The largest absolute Gasteiger partial charge is 0.300 e. The molecular formula is C16H22FN. The van der Waals surface area contributed by atoms with Crippen molar-refractivity contribution in [3.8, 4) is 0 Å². The molecule has 0 atom stereocenters. The molecule has 1 aliphatic carbocycles. The van der Waals surface area contributed by atoms with Crippen LogP contribution in [-0.4, -0.2) is 24.5 Å². The molecule has 1 saturated carbocycles. The van der Waals surface area contributed by atoms with Crippen molar-refractivity contribution in [1.29, 1.82) is 0 Å². The molecule has 0 aliphatic heterocycles. The van der Waals surface area contributed by atoms with E-state index in [0.29, 0.717) is 18.2 Å². The fourth-order valence-corrected chi connectivity index (χ4v) is 2.61. The van der Waals surface area contributed by atoms with Crippen molar-refractivity contribution in [3.05, 3.63) is 42.0 Å². The highest BCUT2D eigenvalue weighted by atomic mass is 19.1. The van der Waals surface area contributed by atoms with Gasteiger partial charge in [-0.1, -0.05) is 49.6 Å². The lowest BCUT2D eigenvalue weighted by Crippen LogP contribution is -2.33. The van der Waals surface area contributed by atoms with Gasteiger partial charge in [0, 0.05) is 18.2 Å². The topological polar surface area (TPSA) is 3.24 Å². The lowest BCUT2D eigenvalue weighted by atomic mass is 9.94. The molecule has 1 aliphatic rings. The zero-order valence-electron chi connectivity index (χ0n) is 11.1. The van der Waals surface area contributed by atoms with E-state index in [0.717, 1.165) is 0 Å². The summed E-state index contributed by atoms with van der Waals surface area (Å²) in [7, 11) is 2.10. The Kier molecular flexibility index (Phi) is 4.94. The molecule has 18 heavy (non-hydrogen) atoms. The van der Waals surface area contributed by atoms with Crippen LogP contribution in [-0.2, 0) is 0 Å². The van der Waals surface area contributed by atoms with Gasteiger partial charge in [-0.25, -0.2) is 4.39 Å². The highest BCUT2D eigenvalue weighted by Crippen LogP contribution is 2.22. The van der Waals surface area contributed by atoms with Crippen molar-refractivity contribution in [2.24, 2.45) is 0 Å². The monoisotopic (exact) mass is 247 g/mol. The zero-order chi connectivity index (χ0) is 12.8. The maximum absolute atomic E-state index is 13.9. The number of benzene rings is 1. The molecule has 0 spiro atoms. The van der Waals surface area contributed by atoms with E-state index in [1.807, 2.05) is 30.3 Å². The van der Waals surface area contributed by atoms with E-state index in [4.69, 9.17) is 0 Å². The van der Waals surface area contributed by atoms with E-state index >= 15 is 0 Å². The van der Waals surface area contributed by atoms with Crippen molar-refractivity contribution in [1.82, 2.24) is 4.90 Å². The Morgan fingerprint density at radius 3 is 2.56 bits per heavy atom. The van der Waals surface area contributed by atoms with Gasteiger partial charge in [-0.15, -0.1) is 0 Å². The van der Waals surface area contributed by atoms with Gasteiger partial charge in [-0.3, -0.25) is 4.90 Å². The summed E-state index contributed by atoms with van der Waals surface area (Å²) < 4.78 is 13.9. The first-order valence-corrected chi connectivity index (χ1v) is 6.88. The lowest BCUT2D eigenvalue weighted by molar-refractivity contribution is 0.209. The minimum atomic E-state index is -0.113. The van der Waals surface area contributed by atoms with Crippen molar-refractivity contribution in [3.63, 3.8) is 0 Å². The second kappa shape index (κ2) is 6.69. The summed E-state index contributed by atoms with van der Waals surface area (Å²) in [6, 6.07) is 9.91. The summed E-state index contributed by atoms with van der Waals surface area (Å²) in [6.07, 6.45) is 8.22. The summed E-state index contributed by atoms with van der Waals surface area (Å²) in [5, 5.41) is 0. The van der Waals surface area contributed by atoms with Crippen molar-refractivity contribution in [2.45, 2.75) is 38.1 Å². The van der Waals surface area contributed by atoms with Gasteiger partial charge in [0.1, 0.15) is 5.83 Å². The normalized spacial score (nSPS) is 18.3. The predicted octanol–water partition coefficient (Wildman–Crippen LogP) is 4.26. The molecule has 98 valence electrons. The van der Waals surface area contributed by atoms with Crippen LogP contribution in [0.5, 0.6) is 0 Å². The molecule has 0 N–H and O–H groups in total. The average molecular weight is 247 g/mol. The molecule has 0 unspecified atom stereocenters. The van der Waals surface area contributed by atoms with Crippen LogP contribution in [0.1, 0.15) is 37.7 Å². The standard InChI is InChI=1S/C16H22FN/c1-18(15-10-6-3-7-11-15)13-12-16(17)14-8-4-2-5-9-14/h2,4-5,8-9,12,15H,3,6-7,10-11,13H2,1H3/b16-12-. The molecule has 0 saturated heterocycles. The van der Waals surface area contributed by atoms with Gasteiger partial charge < -0.3 is 0 Å². The Bertz CT molecular complexity index is 379. The molecule has 0 aromatic heterocycles. The third kappa shape index (κ3) is 3.67. The summed E-state index contributed by atoms with van der Waals surface area (Å²) in [4.78, 5) is 2.28. The second-order valence-corrected chi connectivity index (χ2v) is 5.15. The van der Waals surface area contributed by atoms with Crippen LogP contribution in [0.2, 0.25) is 0 Å². The first-order chi connectivity index (χ1) is 8.77. The van der Waals surface area contributed by atoms with Gasteiger partial charge in [0.15, 0.2) is 0 Å². The third-order valence-corrected chi connectivity index (χ3v) is 3.81. The maximum Gasteiger partial charge on any atom is 0.127 e. The maximum atomic E-state index is 13.9. The molecule has 1 fully saturated rings. The molecule has 1 aromatic carbocycles. The molecule has 0 radical (unpaired) electrons. The van der Waals surface area contributed by atoms with Crippen molar-refractivity contribution < 1.29 is 4.39 Å². The van der Waals surface area contributed by atoms with Gasteiger partial charge in [0.2, 0.25) is 0 Å². The second-order valence-electron chi connectivity index (χ2n) is 5.15. The van der Waals surface area contributed by atoms with Crippen LogP contribution in [0, 0.1) is 0 Å². The number of hydrogen-bond acceptors (Lipinski definition) is 1. The average Bonchev–Trinajstić information content (AvgIpc) is 2.46. The molecule has 0 heterocycles. The van der Waals surface area contributed by atoms with Gasteiger partial charge in [0.25, 0.3) is 0 Å². The van der Waals surface area contributed by atoms with E-state index in [-0.39, 0.29) is 5.83 Å². The van der Waals surface area contributed by atoms with E-state index in [2.05, 4.69) is 11.9 Å². The first kappa shape index (κ1) is 13.3. The fraction of sp³-hybridized carbons (Fsp3) is 0.500. The highest BCUT2D eigenvalue weighted by molar-refractivity contribution is 5.58. The molecule has 0 bridgehead atoms. The Morgan fingerprint density at radius 2 is 1.89 bits per heavy atom. The van der Waals surface area contributed by atoms with Crippen LogP contribution in [0.4, 0.5) is 4.39 Å². The van der Waals surface area contributed by atoms with E-state index in [9.17, 15) is 4.39 Å². The number of nitrogens with zero attached hydrogens (tertiary/aromatic N) is 1. The van der Waals surface area contributed by atoms with Gasteiger partial charge >= 0.3 is 0 Å². The summed E-state index contributed by atoms with van der Waals surface area (Å²) in [6.45, 7) is 0.700. The van der Waals surface area contributed by atoms with Crippen LogP contribution in [0.25, 0.3) is 5.83 Å². The Balaban J connectivity index is 1.89. The van der Waals surface area contributed by atoms with E-state index < -0.39 is 0 Å². The SMILES string of the molecule is CN(C/C=C(\F)c1ccccc1)C1CCCCC1. The molecule has 1 aromatic rings. The minimum Gasteiger partial charge on any atom is -0.300 e. The van der Waals surface area contributed by atoms with Crippen LogP contribution < -0.4 is 0 Å². The summed E-state index contributed by atoms with van der Waals surface area (Å²) in [5.41, 5.74) is 0.676. The predicted molar refractivity (Wildman–Crippen MR) is 75.0 cm³/mol. The Labute approximate surface area is 109 Å². The third-order valence-electron chi connectivity index (χ3n) is 3.81. The fourth-order valence-electron chi connectivity index (χ4n) is 2.61. The zero-order valence-corrected chi connectivity index (χ0v) is 11.1. The van der Waals surface area contributed by atoms with Gasteiger partial charge in [0.05, 0.1) is 0 Å². The molecule has 1 nitrogen and oxygen atoms in total. The Hall–Kier alpha value is -1.15. The van der Waals surface area contributed by atoms with Crippen LogP contribution in [0.15, 0.2) is 36.4 Å². The molecule has 2 heteroatoms. The van der Waals surface area contributed by atoms with Crippen molar-refractivity contribution in [2.75, 3.05) is 13.6 Å². The number of halogens is 1. The molecular weight excluding hydrogens is 225 g/mol. The van der Waals surface area contributed by atoms with E-state index in [1.54, 1.807) is 6.08 Å². The van der Waals surface area contributed by atoms with Crippen LogP contribution in [0.3, 0.4) is 0 Å². The van der Waals surface area contributed by atoms with E-state index in [1.165, 1.54) is 32.1 Å². The quantitative estimate of drug-likeness (QED) is 0.768. The number of rotatable bonds is 4. The summed E-state index contributed by atoms with van der Waals surface area (Å²) in [5.74, 6) is -0.113. The minimum absolute atomic E-state index is 0.113. The summed E-state index contributed by atoms with van der Waals surface area (Å²) >= 11 is 0. The lowest BCUT2D eigenvalue weighted by Gasteiger charge is -2.30. The number of hydrogen-bond donors (Lipinski definition) is 0. The van der Waals surface area contributed by atoms with Gasteiger partial charge in [-0.2, -0.15) is 0 Å². The van der Waals surface area contributed by atoms with Crippen molar-refractivity contribution >= 4 is 5.83 Å². The number of likely N-dealkylation sites (N-methyl/N-ethyl adjacent to an activating group) is 1. The Morgan fingerprint density at radius 1 is 1.22 bits per heavy atom. The van der Waals surface area contributed by atoms with Crippen LogP contribution >= 0.6 is 0 Å². The highest BCUT2D eigenvalue weighted by Gasteiger charge is 2.17. The van der Waals surface area contributed by atoms with Gasteiger partial charge in [-0.05, 0) is 26.0 Å². The smallest absolute Gasteiger partial charge is 0.127 e. The molecule has 0 amide bonds. The molecule has 2 rings (SSSR count).